The Bertz CT molecular complexity index is 491. The fourth-order valence-corrected chi connectivity index (χ4v) is 1.54. The zero-order valence-corrected chi connectivity index (χ0v) is 8.53. The number of nitrogens with zero attached hydrogens (tertiary/aromatic N) is 1. The highest BCUT2D eigenvalue weighted by Gasteiger charge is 2.03. The molecule has 4 N–H and O–H groups in total. The van der Waals surface area contributed by atoms with E-state index in [1.54, 1.807) is 7.11 Å². The summed E-state index contributed by atoms with van der Waals surface area (Å²) in [7, 11) is 1.57. The first kappa shape index (κ1) is 9.73. The molecule has 2 aromatic rings. The number of methoxy groups -OCH3 is 1. The Morgan fingerprint density at radius 1 is 1.33 bits per heavy atom. The van der Waals surface area contributed by atoms with Gasteiger partial charge in [-0.05, 0) is 17.0 Å². The molecule has 78 valence electrons. The molecule has 1 aromatic heterocycles. The van der Waals surface area contributed by atoms with Crippen LogP contribution in [0.1, 0.15) is 5.56 Å². The lowest BCUT2D eigenvalue weighted by Gasteiger charge is -2.06. The van der Waals surface area contributed by atoms with Crippen LogP contribution in [0.3, 0.4) is 0 Å². The molecule has 1 aromatic carbocycles. The Balaban J connectivity index is 2.69. The number of pyridine rings is 1. The third kappa shape index (κ3) is 1.71. The normalized spacial score (nSPS) is 10.5. The number of hydrogen-bond donors (Lipinski definition) is 2. The molecule has 0 unspecified atom stereocenters. The molecule has 0 fully saturated rings. The molecule has 1 heterocycles. The van der Waals surface area contributed by atoms with Crippen molar-refractivity contribution in [3.05, 3.63) is 29.8 Å². The summed E-state index contributed by atoms with van der Waals surface area (Å²) in [5.41, 5.74) is 12.4. The number of aromatic nitrogens is 1. The van der Waals surface area contributed by atoms with E-state index >= 15 is 0 Å². The molecule has 4 nitrogen and oxygen atoms in total. The van der Waals surface area contributed by atoms with Gasteiger partial charge in [-0.1, -0.05) is 12.1 Å². The van der Waals surface area contributed by atoms with Gasteiger partial charge < -0.3 is 16.2 Å². The summed E-state index contributed by atoms with van der Waals surface area (Å²) in [6, 6.07) is 7.73. The number of nitrogens with two attached hydrogens (primary N) is 2. The Hall–Kier alpha value is -1.81. The van der Waals surface area contributed by atoms with E-state index in [0.29, 0.717) is 18.2 Å². The predicted octanol–water partition coefficient (Wildman–Crippen LogP) is 1.28. The third-order valence-electron chi connectivity index (χ3n) is 2.35. The van der Waals surface area contributed by atoms with Gasteiger partial charge >= 0.3 is 0 Å². The molecule has 0 aliphatic carbocycles. The lowest BCUT2D eigenvalue weighted by Crippen LogP contribution is -1.98. The molecular formula is C11H13N3O. The van der Waals surface area contributed by atoms with E-state index in [0.717, 1.165) is 16.3 Å². The Morgan fingerprint density at radius 3 is 2.80 bits per heavy atom. The van der Waals surface area contributed by atoms with Gasteiger partial charge in [-0.3, -0.25) is 0 Å². The predicted molar refractivity (Wildman–Crippen MR) is 60.6 cm³/mol. The van der Waals surface area contributed by atoms with Crippen LogP contribution >= 0.6 is 0 Å². The van der Waals surface area contributed by atoms with E-state index in [1.165, 1.54) is 0 Å². The lowest BCUT2D eigenvalue weighted by molar-refractivity contribution is 0.399. The van der Waals surface area contributed by atoms with Crippen molar-refractivity contribution in [1.82, 2.24) is 4.98 Å². The van der Waals surface area contributed by atoms with Gasteiger partial charge in [0.15, 0.2) is 0 Å². The van der Waals surface area contributed by atoms with E-state index in [2.05, 4.69) is 4.98 Å². The minimum Gasteiger partial charge on any atom is -0.481 e. The highest BCUT2D eigenvalue weighted by Crippen LogP contribution is 2.24. The van der Waals surface area contributed by atoms with E-state index in [9.17, 15) is 0 Å². The minimum absolute atomic E-state index is 0.480. The smallest absolute Gasteiger partial charge is 0.215 e. The average Bonchev–Trinajstić information content (AvgIpc) is 2.28. The number of fused-ring (bicyclic) bond motifs is 1. The Kier molecular flexibility index (Phi) is 2.43. The van der Waals surface area contributed by atoms with Gasteiger partial charge in [0.05, 0.1) is 7.11 Å². The van der Waals surface area contributed by atoms with Crippen LogP contribution in [0.2, 0.25) is 0 Å². The lowest BCUT2D eigenvalue weighted by atomic mass is 10.1. The van der Waals surface area contributed by atoms with Gasteiger partial charge in [0.1, 0.15) is 5.82 Å². The van der Waals surface area contributed by atoms with Crippen molar-refractivity contribution in [2.75, 3.05) is 12.8 Å². The van der Waals surface area contributed by atoms with Crippen molar-refractivity contribution >= 4 is 16.6 Å². The van der Waals surface area contributed by atoms with Crippen molar-refractivity contribution in [2.45, 2.75) is 6.54 Å². The van der Waals surface area contributed by atoms with Crippen molar-refractivity contribution in [3.63, 3.8) is 0 Å². The Morgan fingerprint density at radius 2 is 2.13 bits per heavy atom. The van der Waals surface area contributed by atoms with E-state index in [1.807, 2.05) is 24.3 Å². The van der Waals surface area contributed by atoms with Gasteiger partial charge in [-0.2, -0.15) is 4.98 Å². The molecule has 2 rings (SSSR count). The molecule has 0 aliphatic rings. The van der Waals surface area contributed by atoms with Crippen LogP contribution in [0, 0.1) is 0 Å². The highest BCUT2D eigenvalue weighted by atomic mass is 16.5. The summed E-state index contributed by atoms with van der Waals surface area (Å²) in [6.07, 6.45) is 0. The van der Waals surface area contributed by atoms with Gasteiger partial charge in [0, 0.05) is 18.0 Å². The molecular weight excluding hydrogens is 190 g/mol. The fraction of sp³-hybridized carbons (Fsp3) is 0.182. The van der Waals surface area contributed by atoms with Crippen LogP contribution in [0.15, 0.2) is 24.3 Å². The van der Waals surface area contributed by atoms with Crippen LogP contribution in [0.5, 0.6) is 5.88 Å². The van der Waals surface area contributed by atoms with Crippen LogP contribution in [0.25, 0.3) is 10.8 Å². The maximum atomic E-state index is 5.80. The number of ether oxygens (including phenoxy) is 1. The van der Waals surface area contributed by atoms with Crippen LogP contribution in [0.4, 0.5) is 5.82 Å². The molecule has 0 amide bonds. The van der Waals surface area contributed by atoms with Crippen molar-refractivity contribution in [1.29, 1.82) is 0 Å². The minimum atomic E-state index is 0.480. The standard InChI is InChI=1S/C11H13N3O/c1-15-10-5-8-4-7(6-12)2-3-9(8)11(13)14-10/h2-5H,6,12H2,1H3,(H2,13,14). The number of hydrogen-bond acceptors (Lipinski definition) is 4. The summed E-state index contributed by atoms with van der Waals surface area (Å²) in [6.45, 7) is 0.514. The van der Waals surface area contributed by atoms with Crippen molar-refractivity contribution in [3.8, 4) is 5.88 Å². The molecule has 0 spiro atoms. The first-order valence-electron chi connectivity index (χ1n) is 4.68. The van der Waals surface area contributed by atoms with E-state index < -0.39 is 0 Å². The van der Waals surface area contributed by atoms with Gasteiger partial charge in [0.25, 0.3) is 0 Å². The SMILES string of the molecule is COc1cc2cc(CN)ccc2c(N)n1. The molecule has 0 saturated carbocycles. The van der Waals surface area contributed by atoms with E-state index in [4.69, 9.17) is 16.2 Å². The second-order valence-corrected chi connectivity index (χ2v) is 3.31. The molecule has 0 saturated heterocycles. The first-order valence-corrected chi connectivity index (χ1v) is 4.68. The average molecular weight is 203 g/mol. The second kappa shape index (κ2) is 3.74. The summed E-state index contributed by atoms with van der Waals surface area (Å²) in [5, 5.41) is 1.93. The van der Waals surface area contributed by atoms with Gasteiger partial charge in [-0.15, -0.1) is 0 Å². The highest BCUT2D eigenvalue weighted by molar-refractivity contribution is 5.92. The molecule has 15 heavy (non-hydrogen) atoms. The maximum Gasteiger partial charge on any atom is 0.215 e. The quantitative estimate of drug-likeness (QED) is 0.771. The number of rotatable bonds is 2. The molecule has 0 atom stereocenters. The first-order chi connectivity index (χ1) is 7.24. The molecule has 0 aliphatic heterocycles. The van der Waals surface area contributed by atoms with Gasteiger partial charge in [-0.25, -0.2) is 0 Å². The third-order valence-corrected chi connectivity index (χ3v) is 2.35. The summed E-state index contributed by atoms with van der Waals surface area (Å²) < 4.78 is 5.05. The van der Waals surface area contributed by atoms with E-state index in [-0.39, 0.29) is 0 Å². The Labute approximate surface area is 87.9 Å². The van der Waals surface area contributed by atoms with Crippen LogP contribution in [-0.4, -0.2) is 12.1 Å². The number of anilines is 1. The second-order valence-electron chi connectivity index (χ2n) is 3.31. The number of nitrogen functional groups attached to an aromatic ring is 1. The zero-order valence-electron chi connectivity index (χ0n) is 8.53. The molecule has 0 bridgehead atoms. The number of benzene rings is 1. The summed E-state index contributed by atoms with van der Waals surface area (Å²) >= 11 is 0. The van der Waals surface area contributed by atoms with Crippen LogP contribution < -0.4 is 16.2 Å². The molecule has 0 radical (unpaired) electrons. The summed E-state index contributed by atoms with van der Waals surface area (Å²) in [5.74, 6) is 1.00. The van der Waals surface area contributed by atoms with Gasteiger partial charge in [0.2, 0.25) is 5.88 Å². The monoisotopic (exact) mass is 203 g/mol. The molecule has 4 heteroatoms. The summed E-state index contributed by atoms with van der Waals surface area (Å²) in [4.78, 5) is 4.10. The van der Waals surface area contributed by atoms with Crippen LogP contribution in [-0.2, 0) is 6.54 Å². The largest absolute Gasteiger partial charge is 0.481 e. The van der Waals surface area contributed by atoms with Crippen molar-refractivity contribution in [2.24, 2.45) is 5.73 Å². The zero-order chi connectivity index (χ0) is 10.8. The maximum absolute atomic E-state index is 5.80. The topological polar surface area (TPSA) is 74.2 Å². The fourth-order valence-electron chi connectivity index (χ4n) is 1.54. The van der Waals surface area contributed by atoms with Crippen molar-refractivity contribution < 1.29 is 4.74 Å².